The number of nitrogens with zero attached hydrogens (tertiary/aromatic N) is 3. The summed E-state index contributed by atoms with van der Waals surface area (Å²) in [4.78, 5) is 15.1. The van der Waals surface area contributed by atoms with Crippen LogP contribution in [0.15, 0.2) is 42.5 Å². The van der Waals surface area contributed by atoms with Gasteiger partial charge in [0.15, 0.2) is 5.52 Å². The molecule has 1 aromatic heterocycles. The van der Waals surface area contributed by atoms with Gasteiger partial charge in [-0.05, 0) is 23.8 Å². The smallest absolute Gasteiger partial charge is 0.406 e. The number of non-ortho nitro benzene ring substituents is 1. The average Bonchev–Trinajstić information content (AvgIpc) is 2.93. The Hall–Kier alpha value is -3.10. The molecule has 0 atom stereocenters. The first-order chi connectivity index (χ1) is 12.3. The Bertz CT molecular complexity index is 950. The van der Waals surface area contributed by atoms with Gasteiger partial charge in [-0.3, -0.25) is 10.1 Å². The maximum Gasteiger partial charge on any atom is 0.573 e. The molecule has 0 amide bonds. The Morgan fingerprint density at radius 1 is 1.19 bits per heavy atom. The maximum absolute atomic E-state index is 12.2. The lowest BCUT2D eigenvalue weighted by Gasteiger charge is -2.11. The van der Waals surface area contributed by atoms with E-state index in [1.165, 1.54) is 30.3 Å². The van der Waals surface area contributed by atoms with Crippen molar-refractivity contribution in [2.75, 3.05) is 0 Å². The molecule has 0 unspecified atom stereocenters. The summed E-state index contributed by atoms with van der Waals surface area (Å²) in [6, 6.07) is 10.2. The number of halogens is 3. The van der Waals surface area contributed by atoms with Crippen molar-refractivity contribution in [1.29, 1.82) is 0 Å². The van der Waals surface area contributed by atoms with Crippen LogP contribution in [0.3, 0.4) is 0 Å². The molecule has 3 aromatic rings. The van der Waals surface area contributed by atoms with Crippen molar-refractivity contribution in [3.8, 4) is 5.75 Å². The summed E-state index contributed by atoms with van der Waals surface area (Å²) >= 11 is 0. The van der Waals surface area contributed by atoms with Crippen LogP contribution in [0.4, 0.5) is 18.9 Å². The van der Waals surface area contributed by atoms with Gasteiger partial charge in [-0.25, -0.2) is 4.98 Å². The second-order valence-electron chi connectivity index (χ2n) is 5.56. The number of hydrogen-bond acceptors (Lipinski definition) is 4. The van der Waals surface area contributed by atoms with E-state index in [2.05, 4.69) is 9.72 Å². The predicted octanol–water partition coefficient (Wildman–Crippen LogP) is 4.45. The molecule has 0 saturated heterocycles. The highest BCUT2D eigenvalue weighted by atomic mass is 19.4. The van der Waals surface area contributed by atoms with E-state index >= 15 is 0 Å². The van der Waals surface area contributed by atoms with E-state index in [9.17, 15) is 23.3 Å². The molecule has 0 spiro atoms. The third kappa shape index (κ3) is 3.61. The lowest BCUT2D eigenvalue weighted by molar-refractivity contribution is -0.383. The Labute approximate surface area is 146 Å². The van der Waals surface area contributed by atoms with Crippen LogP contribution in [0.1, 0.15) is 18.3 Å². The van der Waals surface area contributed by atoms with Gasteiger partial charge in [-0.2, -0.15) is 0 Å². The number of nitro groups is 1. The van der Waals surface area contributed by atoms with Gasteiger partial charge < -0.3 is 9.30 Å². The first-order valence-electron chi connectivity index (χ1n) is 7.75. The van der Waals surface area contributed by atoms with Crippen LogP contribution in [-0.2, 0) is 13.0 Å². The first-order valence-corrected chi connectivity index (χ1v) is 7.75. The Kier molecular flexibility index (Phi) is 4.54. The van der Waals surface area contributed by atoms with Crippen LogP contribution in [-0.4, -0.2) is 20.8 Å². The quantitative estimate of drug-likeness (QED) is 0.495. The van der Waals surface area contributed by atoms with E-state index in [0.717, 1.165) is 5.56 Å². The Morgan fingerprint density at radius 2 is 1.88 bits per heavy atom. The molecule has 1 heterocycles. The highest BCUT2D eigenvalue weighted by Gasteiger charge is 2.31. The zero-order valence-corrected chi connectivity index (χ0v) is 13.7. The minimum Gasteiger partial charge on any atom is -0.406 e. The number of fused-ring (bicyclic) bond motifs is 1. The van der Waals surface area contributed by atoms with Crippen molar-refractivity contribution in [2.24, 2.45) is 0 Å². The lowest BCUT2D eigenvalue weighted by atomic mass is 10.2. The molecule has 0 aliphatic heterocycles. The van der Waals surface area contributed by atoms with Gasteiger partial charge in [-0.1, -0.05) is 25.1 Å². The second kappa shape index (κ2) is 6.66. The minimum absolute atomic E-state index is 0.0788. The fourth-order valence-electron chi connectivity index (χ4n) is 2.75. The van der Waals surface area contributed by atoms with E-state index in [4.69, 9.17) is 0 Å². The van der Waals surface area contributed by atoms with Crippen LogP contribution in [0.2, 0.25) is 0 Å². The number of rotatable bonds is 5. The molecule has 6 nitrogen and oxygen atoms in total. The van der Waals surface area contributed by atoms with Crippen molar-refractivity contribution < 1.29 is 22.8 Å². The number of aromatic nitrogens is 2. The maximum atomic E-state index is 12.2. The van der Waals surface area contributed by atoms with Gasteiger partial charge in [-0.15, -0.1) is 13.2 Å². The van der Waals surface area contributed by atoms with Crippen molar-refractivity contribution in [3.63, 3.8) is 0 Å². The molecule has 136 valence electrons. The molecule has 0 bridgehead atoms. The summed E-state index contributed by atoms with van der Waals surface area (Å²) in [5.74, 6) is 0.355. The SMILES string of the molecule is CCc1nc2c([N+](=O)[O-])cccc2n1Cc1ccc(OC(F)(F)F)cc1. The topological polar surface area (TPSA) is 70.2 Å². The summed E-state index contributed by atoms with van der Waals surface area (Å²) in [7, 11) is 0. The molecule has 0 N–H and O–H groups in total. The van der Waals surface area contributed by atoms with Crippen LogP contribution in [0.5, 0.6) is 5.75 Å². The largest absolute Gasteiger partial charge is 0.573 e. The summed E-state index contributed by atoms with van der Waals surface area (Å²) < 4.78 is 42.4. The van der Waals surface area contributed by atoms with E-state index in [1.807, 2.05) is 11.5 Å². The summed E-state index contributed by atoms with van der Waals surface area (Å²) in [5.41, 5.74) is 1.54. The van der Waals surface area contributed by atoms with Crippen molar-refractivity contribution in [3.05, 3.63) is 64.0 Å². The third-order valence-electron chi connectivity index (χ3n) is 3.85. The predicted molar refractivity (Wildman–Crippen MR) is 88.0 cm³/mol. The molecular weight excluding hydrogens is 351 g/mol. The molecule has 0 radical (unpaired) electrons. The molecule has 3 rings (SSSR count). The number of aryl methyl sites for hydroxylation is 1. The third-order valence-corrected chi connectivity index (χ3v) is 3.85. The molecule has 2 aromatic carbocycles. The normalized spacial score (nSPS) is 11.7. The van der Waals surface area contributed by atoms with Crippen LogP contribution < -0.4 is 4.74 Å². The molecular formula is C17H14F3N3O3. The van der Waals surface area contributed by atoms with E-state index < -0.39 is 11.3 Å². The number of imidazole rings is 1. The molecule has 9 heteroatoms. The molecule has 0 aliphatic rings. The molecule has 0 fully saturated rings. The lowest BCUT2D eigenvalue weighted by Crippen LogP contribution is -2.17. The summed E-state index contributed by atoms with van der Waals surface area (Å²) in [6.45, 7) is 2.21. The number of para-hydroxylation sites is 1. The highest BCUT2D eigenvalue weighted by Crippen LogP contribution is 2.28. The Balaban J connectivity index is 1.96. The van der Waals surface area contributed by atoms with Crippen LogP contribution in [0.25, 0.3) is 11.0 Å². The minimum atomic E-state index is -4.74. The van der Waals surface area contributed by atoms with Gasteiger partial charge in [0.25, 0.3) is 5.69 Å². The fourth-order valence-corrected chi connectivity index (χ4v) is 2.75. The fraction of sp³-hybridized carbons (Fsp3) is 0.235. The number of ether oxygens (including phenoxy) is 1. The van der Waals surface area contributed by atoms with Gasteiger partial charge in [0.05, 0.1) is 10.4 Å². The van der Waals surface area contributed by atoms with Crippen LogP contribution in [0, 0.1) is 10.1 Å². The van der Waals surface area contributed by atoms with Crippen molar-refractivity contribution in [2.45, 2.75) is 26.3 Å². The van der Waals surface area contributed by atoms with Gasteiger partial charge in [0, 0.05) is 19.0 Å². The zero-order chi connectivity index (χ0) is 18.9. The van der Waals surface area contributed by atoms with Gasteiger partial charge in [0.1, 0.15) is 11.6 Å². The summed E-state index contributed by atoms with van der Waals surface area (Å²) in [5, 5.41) is 11.2. The van der Waals surface area contributed by atoms with Gasteiger partial charge >= 0.3 is 6.36 Å². The van der Waals surface area contributed by atoms with Gasteiger partial charge in [0.2, 0.25) is 0 Å². The number of benzene rings is 2. The molecule has 0 aliphatic carbocycles. The molecule has 0 saturated carbocycles. The monoisotopic (exact) mass is 365 g/mol. The first kappa shape index (κ1) is 17.7. The standard InChI is InChI=1S/C17H14F3N3O3/c1-2-15-21-16-13(4-3-5-14(16)23(24)25)22(15)10-11-6-8-12(9-7-11)26-17(18,19)20/h3-9H,2,10H2,1H3. The van der Waals surface area contributed by atoms with Crippen molar-refractivity contribution >= 4 is 16.7 Å². The number of nitro benzene ring substituents is 1. The Morgan fingerprint density at radius 3 is 2.46 bits per heavy atom. The number of hydrogen-bond donors (Lipinski definition) is 0. The number of alkyl halides is 3. The zero-order valence-electron chi connectivity index (χ0n) is 13.7. The molecule has 26 heavy (non-hydrogen) atoms. The van der Waals surface area contributed by atoms with Crippen LogP contribution >= 0.6 is 0 Å². The van der Waals surface area contributed by atoms with E-state index in [-0.39, 0.29) is 11.4 Å². The average molecular weight is 365 g/mol. The summed E-state index contributed by atoms with van der Waals surface area (Å²) in [6.07, 6.45) is -4.18. The van der Waals surface area contributed by atoms with Crippen molar-refractivity contribution in [1.82, 2.24) is 9.55 Å². The highest BCUT2D eigenvalue weighted by molar-refractivity contribution is 5.85. The second-order valence-corrected chi connectivity index (χ2v) is 5.56. The van der Waals surface area contributed by atoms with E-state index in [0.29, 0.717) is 29.8 Å². The van der Waals surface area contributed by atoms with E-state index in [1.54, 1.807) is 12.1 Å².